The highest BCUT2D eigenvalue weighted by Gasteiger charge is 2.34. The second-order valence-corrected chi connectivity index (χ2v) is 5.46. The third-order valence-electron chi connectivity index (χ3n) is 3.63. The monoisotopic (exact) mass is 307 g/mol. The van der Waals surface area contributed by atoms with Gasteiger partial charge in [-0.05, 0) is 35.9 Å². The summed E-state index contributed by atoms with van der Waals surface area (Å²) in [6, 6.07) is 16.7. The maximum absolute atomic E-state index is 12.5. The van der Waals surface area contributed by atoms with E-state index in [0.717, 1.165) is 11.3 Å². The van der Waals surface area contributed by atoms with Crippen molar-refractivity contribution in [3.63, 3.8) is 0 Å². The highest BCUT2D eigenvalue weighted by Crippen LogP contribution is 2.21. The lowest BCUT2D eigenvalue weighted by molar-refractivity contribution is -0.117. The predicted octanol–water partition coefficient (Wildman–Crippen LogP) is 2.21. The first-order valence-corrected chi connectivity index (χ1v) is 7.26. The first kappa shape index (κ1) is 14.8. The van der Waals surface area contributed by atoms with E-state index in [9.17, 15) is 9.59 Å². The standard InChI is InChI=1S/C18H17N3O2/c1-20(2)14-10-8-13(9-11-14)12-16-17(22)19-21(18(16)23)15-6-4-3-5-7-15/h3-12H,1-2H3,(H,19,22)/b16-12+. The van der Waals surface area contributed by atoms with Crippen LogP contribution in [-0.2, 0) is 9.59 Å². The summed E-state index contributed by atoms with van der Waals surface area (Å²) in [4.78, 5) is 26.5. The molecule has 1 heterocycles. The van der Waals surface area contributed by atoms with Crippen molar-refractivity contribution in [3.8, 4) is 0 Å². The van der Waals surface area contributed by atoms with Crippen molar-refractivity contribution in [1.29, 1.82) is 0 Å². The van der Waals surface area contributed by atoms with E-state index in [1.165, 1.54) is 5.01 Å². The van der Waals surface area contributed by atoms with Crippen LogP contribution < -0.4 is 15.3 Å². The highest BCUT2D eigenvalue weighted by molar-refractivity contribution is 6.31. The zero-order chi connectivity index (χ0) is 16.4. The molecule has 2 aromatic rings. The van der Waals surface area contributed by atoms with Crippen LogP contribution in [0.4, 0.5) is 11.4 Å². The van der Waals surface area contributed by atoms with E-state index in [-0.39, 0.29) is 11.5 Å². The molecule has 116 valence electrons. The fourth-order valence-corrected chi connectivity index (χ4v) is 2.35. The minimum absolute atomic E-state index is 0.131. The van der Waals surface area contributed by atoms with Gasteiger partial charge in [0.15, 0.2) is 0 Å². The Kier molecular flexibility index (Phi) is 3.85. The fraction of sp³-hybridized carbons (Fsp3) is 0.111. The molecular formula is C18H17N3O2. The highest BCUT2D eigenvalue weighted by atomic mass is 16.2. The van der Waals surface area contributed by atoms with Gasteiger partial charge in [-0.1, -0.05) is 30.3 Å². The minimum Gasteiger partial charge on any atom is -0.378 e. The lowest BCUT2D eigenvalue weighted by Gasteiger charge is -2.14. The number of benzene rings is 2. The number of rotatable bonds is 3. The molecule has 0 spiro atoms. The van der Waals surface area contributed by atoms with Gasteiger partial charge in [0.1, 0.15) is 5.57 Å². The molecule has 0 aliphatic carbocycles. The van der Waals surface area contributed by atoms with Gasteiger partial charge in [-0.3, -0.25) is 15.0 Å². The van der Waals surface area contributed by atoms with Gasteiger partial charge >= 0.3 is 0 Å². The summed E-state index contributed by atoms with van der Waals surface area (Å²) in [5.74, 6) is -0.742. The van der Waals surface area contributed by atoms with Crippen LogP contribution in [0, 0.1) is 0 Å². The van der Waals surface area contributed by atoms with Crippen LogP contribution in [0.5, 0.6) is 0 Å². The Balaban J connectivity index is 1.88. The largest absolute Gasteiger partial charge is 0.378 e. The molecule has 23 heavy (non-hydrogen) atoms. The molecule has 3 rings (SSSR count). The summed E-state index contributed by atoms with van der Waals surface area (Å²) in [6.45, 7) is 0. The van der Waals surface area contributed by atoms with Gasteiger partial charge in [-0.15, -0.1) is 0 Å². The summed E-state index contributed by atoms with van der Waals surface area (Å²) in [5, 5.41) is 1.27. The molecular weight excluding hydrogens is 290 g/mol. The van der Waals surface area contributed by atoms with Crippen LogP contribution in [0.2, 0.25) is 0 Å². The maximum atomic E-state index is 12.5. The van der Waals surface area contributed by atoms with Crippen molar-refractivity contribution in [2.45, 2.75) is 0 Å². The average molecular weight is 307 g/mol. The normalized spacial score (nSPS) is 15.9. The molecule has 1 fully saturated rings. The second-order valence-electron chi connectivity index (χ2n) is 5.46. The zero-order valence-electron chi connectivity index (χ0n) is 13.0. The molecule has 1 aliphatic heterocycles. The summed E-state index contributed by atoms with van der Waals surface area (Å²) in [7, 11) is 3.91. The Bertz CT molecular complexity index is 765. The molecule has 5 heteroatoms. The quantitative estimate of drug-likeness (QED) is 0.699. The summed E-state index contributed by atoms with van der Waals surface area (Å²) in [5.41, 5.74) is 5.22. The Labute approximate surface area is 134 Å². The summed E-state index contributed by atoms with van der Waals surface area (Å²) < 4.78 is 0. The third-order valence-corrected chi connectivity index (χ3v) is 3.63. The van der Waals surface area contributed by atoms with E-state index in [0.29, 0.717) is 5.69 Å². The third kappa shape index (κ3) is 2.94. The van der Waals surface area contributed by atoms with E-state index in [4.69, 9.17) is 0 Å². The molecule has 1 aliphatic rings. The molecule has 0 bridgehead atoms. The predicted molar refractivity (Wildman–Crippen MR) is 90.8 cm³/mol. The second kappa shape index (κ2) is 5.96. The lowest BCUT2D eigenvalue weighted by atomic mass is 10.1. The number of hydrogen-bond acceptors (Lipinski definition) is 3. The number of amides is 2. The Morgan fingerprint density at radius 3 is 2.22 bits per heavy atom. The van der Waals surface area contributed by atoms with Crippen LogP contribution in [0.3, 0.4) is 0 Å². The van der Waals surface area contributed by atoms with Crippen LogP contribution in [-0.4, -0.2) is 25.9 Å². The Hall–Kier alpha value is -3.08. The molecule has 1 saturated heterocycles. The number of hydrogen-bond donors (Lipinski definition) is 1. The zero-order valence-corrected chi connectivity index (χ0v) is 13.0. The number of nitrogens with one attached hydrogen (secondary N) is 1. The number of carbonyl (C=O) groups excluding carboxylic acids is 2. The summed E-state index contributed by atoms with van der Waals surface area (Å²) in [6.07, 6.45) is 1.61. The minimum atomic E-state index is -0.393. The van der Waals surface area contributed by atoms with E-state index in [1.54, 1.807) is 18.2 Å². The van der Waals surface area contributed by atoms with E-state index < -0.39 is 5.91 Å². The van der Waals surface area contributed by atoms with Gasteiger partial charge < -0.3 is 4.90 Å². The molecule has 0 unspecified atom stereocenters. The van der Waals surface area contributed by atoms with E-state index in [2.05, 4.69) is 5.43 Å². The molecule has 2 amide bonds. The van der Waals surface area contributed by atoms with E-state index >= 15 is 0 Å². The van der Waals surface area contributed by atoms with Crippen LogP contribution in [0.25, 0.3) is 6.08 Å². The molecule has 2 aromatic carbocycles. The van der Waals surface area contributed by atoms with E-state index in [1.807, 2.05) is 61.5 Å². The van der Waals surface area contributed by atoms with Gasteiger partial charge in [0, 0.05) is 19.8 Å². The Morgan fingerprint density at radius 1 is 0.957 bits per heavy atom. The van der Waals surface area contributed by atoms with Crippen LogP contribution in [0.15, 0.2) is 60.2 Å². The molecule has 0 aromatic heterocycles. The van der Waals surface area contributed by atoms with Crippen LogP contribution in [0.1, 0.15) is 5.56 Å². The number of carbonyl (C=O) groups is 2. The van der Waals surface area contributed by atoms with Crippen molar-refractivity contribution in [2.75, 3.05) is 24.0 Å². The molecule has 0 atom stereocenters. The summed E-state index contributed by atoms with van der Waals surface area (Å²) >= 11 is 0. The van der Waals surface area contributed by atoms with Crippen LogP contribution >= 0.6 is 0 Å². The van der Waals surface area contributed by atoms with Crippen molar-refractivity contribution in [3.05, 3.63) is 65.7 Å². The lowest BCUT2D eigenvalue weighted by Crippen LogP contribution is -2.35. The fourth-order valence-electron chi connectivity index (χ4n) is 2.35. The molecule has 0 saturated carbocycles. The van der Waals surface area contributed by atoms with Gasteiger partial charge in [0.2, 0.25) is 0 Å². The SMILES string of the molecule is CN(C)c1ccc(/C=C2\C(=O)NN(c3ccccc3)C2=O)cc1. The van der Waals surface area contributed by atoms with Crippen molar-refractivity contribution in [2.24, 2.45) is 0 Å². The number of anilines is 2. The van der Waals surface area contributed by atoms with Gasteiger partial charge in [-0.2, -0.15) is 0 Å². The molecule has 0 radical (unpaired) electrons. The van der Waals surface area contributed by atoms with Crippen molar-refractivity contribution >= 4 is 29.3 Å². The molecule has 1 N–H and O–H groups in total. The Morgan fingerprint density at radius 2 is 1.61 bits per heavy atom. The molecule has 5 nitrogen and oxygen atoms in total. The number of hydrazine groups is 1. The maximum Gasteiger partial charge on any atom is 0.282 e. The van der Waals surface area contributed by atoms with Gasteiger partial charge in [0.05, 0.1) is 5.69 Å². The topological polar surface area (TPSA) is 52.7 Å². The smallest absolute Gasteiger partial charge is 0.282 e. The average Bonchev–Trinajstić information content (AvgIpc) is 2.84. The van der Waals surface area contributed by atoms with Gasteiger partial charge in [-0.25, -0.2) is 5.01 Å². The number of para-hydroxylation sites is 1. The number of nitrogens with zero attached hydrogens (tertiary/aromatic N) is 2. The van der Waals surface area contributed by atoms with Gasteiger partial charge in [0.25, 0.3) is 11.8 Å². The van der Waals surface area contributed by atoms with Crippen molar-refractivity contribution in [1.82, 2.24) is 5.43 Å². The first-order chi connectivity index (χ1) is 11.1. The first-order valence-electron chi connectivity index (χ1n) is 7.26. The van der Waals surface area contributed by atoms with Crippen molar-refractivity contribution < 1.29 is 9.59 Å².